The van der Waals surface area contributed by atoms with Crippen molar-refractivity contribution in [1.29, 1.82) is 0 Å². The molecule has 182 valence electrons. The number of aromatic carboxylic acids is 1. The first-order valence-electron chi connectivity index (χ1n) is 12.4. The molecule has 0 radical (unpaired) electrons. The Morgan fingerprint density at radius 1 is 0.765 bits per heavy atom. The summed E-state index contributed by atoms with van der Waals surface area (Å²) in [6.45, 7) is 8.16. The molecule has 3 heteroatoms. The number of hydrogen-bond acceptors (Lipinski definition) is 2. The van der Waals surface area contributed by atoms with Crippen molar-refractivity contribution < 1.29 is 15.0 Å². The van der Waals surface area contributed by atoms with Crippen LogP contribution in [0.2, 0.25) is 0 Å². The maximum atomic E-state index is 11.3. The van der Waals surface area contributed by atoms with Gasteiger partial charge >= 0.3 is 5.97 Å². The fourth-order valence-corrected chi connectivity index (χ4v) is 3.94. The van der Waals surface area contributed by atoms with Crippen molar-refractivity contribution in [3.05, 3.63) is 89.5 Å². The molecule has 0 saturated carbocycles. The van der Waals surface area contributed by atoms with E-state index in [0.717, 1.165) is 24.8 Å². The van der Waals surface area contributed by atoms with Gasteiger partial charge < -0.3 is 10.2 Å². The number of hydrogen-bond donors (Lipinski definition) is 2. The Morgan fingerprint density at radius 3 is 1.74 bits per heavy atom. The number of aryl methyl sites for hydroxylation is 1. The van der Waals surface area contributed by atoms with Gasteiger partial charge in [-0.2, -0.15) is 0 Å². The van der Waals surface area contributed by atoms with Gasteiger partial charge in [0.15, 0.2) is 0 Å². The minimum Gasteiger partial charge on any atom is -0.507 e. The highest BCUT2D eigenvalue weighted by molar-refractivity contribution is 5.88. The fraction of sp³-hybridized carbons (Fsp3) is 0.387. The van der Waals surface area contributed by atoms with Crippen molar-refractivity contribution in [2.24, 2.45) is 0 Å². The zero-order valence-corrected chi connectivity index (χ0v) is 21.2. The summed E-state index contributed by atoms with van der Waals surface area (Å²) in [6, 6.07) is 24.0. The third kappa shape index (κ3) is 8.70. The quantitative estimate of drug-likeness (QED) is 0.314. The SMILES string of the molecule is CCCCCCCCc1cc(C(=O)O)cc(C(C)(C)C)c1O.c1ccc(-c2ccccc2)cc1. The van der Waals surface area contributed by atoms with Crippen LogP contribution in [0.5, 0.6) is 5.75 Å². The van der Waals surface area contributed by atoms with E-state index in [-0.39, 0.29) is 16.7 Å². The highest BCUT2D eigenvalue weighted by Crippen LogP contribution is 2.35. The summed E-state index contributed by atoms with van der Waals surface area (Å²) in [5, 5.41) is 19.8. The predicted molar refractivity (Wildman–Crippen MR) is 143 cm³/mol. The normalized spacial score (nSPS) is 10.9. The Morgan fingerprint density at radius 2 is 1.26 bits per heavy atom. The second-order valence-electron chi connectivity index (χ2n) is 9.84. The van der Waals surface area contributed by atoms with Crippen LogP contribution in [0.15, 0.2) is 72.8 Å². The average molecular weight is 461 g/mol. The molecule has 34 heavy (non-hydrogen) atoms. The first-order valence-corrected chi connectivity index (χ1v) is 12.4. The fourth-order valence-electron chi connectivity index (χ4n) is 3.94. The van der Waals surface area contributed by atoms with E-state index in [4.69, 9.17) is 0 Å². The van der Waals surface area contributed by atoms with Gasteiger partial charge in [0.25, 0.3) is 0 Å². The molecule has 0 amide bonds. The van der Waals surface area contributed by atoms with Crippen LogP contribution in [-0.4, -0.2) is 16.2 Å². The van der Waals surface area contributed by atoms with E-state index in [1.807, 2.05) is 32.9 Å². The molecule has 0 heterocycles. The zero-order chi connectivity index (χ0) is 25.0. The van der Waals surface area contributed by atoms with Gasteiger partial charge in [0.2, 0.25) is 0 Å². The van der Waals surface area contributed by atoms with E-state index >= 15 is 0 Å². The molecule has 0 aliphatic carbocycles. The minimum atomic E-state index is -0.935. The number of carboxylic acid groups (broad SMARTS) is 1. The Balaban J connectivity index is 0.000000283. The monoisotopic (exact) mass is 460 g/mol. The lowest BCUT2D eigenvalue weighted by Crippen LogP contribution is -2.14. The number of phenols is 1. The smallest absolute Gasteiger partial charge is 0.335 e. The molecule has 0 saturated heterocycles. The second-order valence-corrected chi connectivity index (χ2v) is 9.84. The summed E-state index contributed by atoms with van der Waals surface area (Å²) in [6.07, 6.45) is 7.82. The Labute approximate surface area is 205 Å². The maximum absolute atomic E-state index is 11.3. The molecule has 0 aliphatic rings. The standard InChI is InChI=1S/C19H30O3.C12H10/c1-5-6-7-8-9-10-11-14-12-15(18(21)22)13-16(17(14)20)19(2,3)4;1-3-7-11(8-4-1)12-9-5-2-6-10-12/h12-13,20H,5-11H2,1-4H3,(H,21,22);1-10H. The summed E-state index contributed by atoms with van der Waals surface area (Å²) in [5.41, 5.74) is 4.03. The molecule has 0 aliphatic heterocycles. The van der Waals surface area contributed by atoms with Crippen LogP contribution in [-0.2, 0) is 11.8 Å². The van der Waals surface area contributed by atoms with Gasteiger partial charge in [0.1, 0.15) is 5.75 Å². The van der Waals surface area contributed by atoms with Gasteiger partial charge in [0, 0.05) is 5.56 Å². The number of benzene rings is 3. The molecule has 0 fully saturated rings. The van der Waals surface area contributed by atoms with Crippen molar-refractivity contribution in [1.82, 2.24) is 0 Å². The van der Waals surface area contributed by atoms with E-state index in [1.54, 1.807) is 12.1 Å². The van der Waals surface area contributed by atoms with Crippen LogP contribution >= 0.6 is 0 Å². The minimum absolute atomic E-state index is 0.267. The zero-order valence-electron chi connectivity index (χ0n) is 21.2. The van der Waals surface area contributed by atoms with Crippen molar-refractivity contribution >= 4 is 5.97 Å². The van der Waals surface area contributed by atoms with Crippen LogP contribution in [0.1, 0.15) is 87.7 Å². The number of rotatable bonds is 9. The van der Waals surface area contributed by atoms with Gasteiger partial charge in [-0.15, -0.1) is 0 Å². The molecule has 0 unspecified atom stereocenters. The van der Waals surface area contributed by atoms with Crippen molar-refractivity contribution in [3.8, 4) is 16.9 Å². The summed E-state index contributed by atoms with van der Waals surface area (Å²) in [7, 11) is 0. The van der Waals surface area contributed by atoms with Crippen molar-refractivity contribution in [2.75, 3.05) is 0 Å². The number of phenolic OH excluding ortho intramolecular Hbond substituents is 1. The molecule has 0 aromatic heterocycles. The van der Waals surface area contributed by atoms with E-state index in [2.05, 4.69) is 55.5 Å². The van der Waals surface area contributed by atoms with Crippen LogP contribution in [0.4, 0.5) is 0 Å². The average Bonchev–Trinajstić information content (AvgIpc) is 2.83. The van der Waals surface area contributed by atoms with Gasteiger partial charge in [0.05, 0.1) is 5.56 Å². The highest BCUT2D eigenvalue weighted by atomic mass is 16.4. The van der Waals surface area contributed by atoms with Crippen LogP contribution in [0.25, 0.3) is 11.1 Å². The molecule has 0 atom stereocenters. The van der Waals surface area contributed by atoms with Crippen LogP contribution in [0, 0.1) is 0 Å². The molecule has 3 nitrogen and oxygen atoms in total. The molecule has 0 spiro atoms. The summed E-state index contributed by atoms with van der Waals surface area (Å²) < 4.78 is 0. The van der Waals surface area contributed by atoms with Gasteiger partial charge in [-0.3, -0.25) is 0 Å². The molecule has 3 rings (SSSR count). The lowest BCUT2D eigenvalue weighted by atomic mass is 9.83. The van der Waals surface area contributed by atoms with E-state index in [0.29, 0.717) is 5.56 Å². The van der Waals surface area contributed by atoms with Crippen molar-refractivity contribution in [3.63, 3.8) is 0 Å². The van der Waals surface area contributed by atoms with Gasteiger partial charge in [-0.25, -0.2) is 4.79 Å². The topological polar surface area (TPSA) is 57.5 Å². The van der Waals surface area contributed by atoms with Gasteiger partial charge in [-0.05, 0) is 47.1 Å². The highest BCUT2D eigenvalue weighted by Gasteiger charge is 2.22. The largest absolute Gasteiger partial charge is 0.507 e. The third-order valence-electron chi connectivity index (χ3n) is 5.92. The molecule has 0 bridgehead atoms. The van der Waals surface area contributed by atoms with Crippen molar-refractivity contribution in [2.45, 2.75) is 78.1 Å². The van der Waals surface area contributed by atoms with E-state index in [1.165, 1.54) is 36.8 Å². The number of carboxylic acids is 1. The molecular formula is C31H40O3. The maximum Gasteiger partial charge on any atom is 0.335 e. The van der Waals surface area contributed by atoms with E-state index < -0.39 is 5.97 Å². The Hall–Kier alpha value is -3.07. The Kier molecular flexibility index (Phi) is 10.9. The Bertz CT molecular complexity index is 965. The lowest BCUT2D eigenvalue weighted by Gasteiger charge is -2.23. The second kappa shape index (κ2) is 13.6. The van der Waals surface area contributed by atoms with E-state index in [9.17, 15) is 15.0 Å². The molecule has 3 aromatic rings. The third-order valence-corrected chi connectivity index (χ3v) is 5.92. The molecule has 2 N–H and O–H groups in total. The summed E-state index contributed by atoms with van der Waals surface area (Å²) in [4.78, 5) is 11.3. The molecular weight excluding hydrogens is 420 g/mol. The first-order chi connectivity index (χ1) is 16.2. The predicted octanol–water partition coefficient (Wildman–Crippen LogP) is 8.64. The summed E-state index contributed by atoms with van der Waals surface area (Å²) >= 11 is 0. The number of unbranched alkanes of at least 4 members (excludes halogenated alkanes) is 5. The van der Waals surface area contributed by atoms with Gasteiger partial charge in [-0.1, -0.05) is 120 Å². The lowest BCUT2D eigenvalue weighted by molar-refractivity contribution is 0.0696. The first kappa shape index (κ1) is 27.2. The van der Waals surface area contributed by atoms with Crippen LogP contribution < -0.4 is 0 Å². The molecule has 3 aromatic carbocycles. The number of aromatic hydroxyl groups is 1. The number of carbonyl (C=O) groups is 1. The van der Waals surface area contributed by atoms with Crippen LogP contribution in [0.3, 0.4) is 0 Å². The summed E-state index contributed by atoms with van der Waals surface area (Å²) in [5.74, 6) is -0.666.